The van der Waals surface area contributed by atoms with Gasteiger partial charge >= 0.3 is 5.97 Å². The third-order valence-electron chi connectivity index (χ3n) is 2.45. The van der Waals surface area contributed by atoms with Gasteiger partial charge < -0.3 is 14.8 Å². The highest BCUT2D eigenvalue weighted by molar-refractivity contribution is 6.42. The summed E-state index contributed by atoms with van der Waals surface area (Å²) in [7, 11) is 0. The van der Waals surface area contributed by atoms with Crippen molar-refractivity contribution in [2.75, 3.05) is 19.8 Å². The van der Waals surface area contributed by atoms with Crippen LogP contribution in [0.5, 0.6) is 5.75 Å². The normalized spacial score (nSPS) is 10.0. The number of halogens is 2. The van der Waals surface area contributed by atoms with Crippen molar-refractivity contribution in [1.29, 1.82) is 0 Å². The van der Waals surface area contributed by atoms with Crippen LogP contribution in [0.25, 0.3) is 0 Å². The minimum absolute atomic E-state index is 0.160. The van der Waals surface area contributed by atoms with Crippen LogP contribution in [0.4, 0.5) is 0 Å². The molecule has 21 heavy (non-hydrogen) atoms. The molecule has 0 saturated heterocycles. The molecular formula is C14H17Cl2NO4. The van der Waals surface area contributed by atoms with Gasteiger partial charge in [-0.2, -0.15) is 0 Å². The second-order valence-electron chi connectivity index (χ2n) is 4.08. The van der Waals surface area contributed by atoms with Crippen LogP contribution in [-0.4, -0.2) is 31.6 Å². The Balaban J connectivity index is 2.18. The summed E-state index contributed by atoms with van der Waals surface area (Å²) in [6.07, 6.45) is 0.344. The van der Waals surface area contributed by atoms with Gasteiger partial charge in [0.05, 0.1) is 36.1 Å². The van der Waals surface area contributed by atoms with Gasteiger partial charge in [-0.15, -0.1) is 0 Å². The third-order valence-corrected chi connectivity index (χ3v) is 3.18. The van der Waals surface area contributed by atoms with E-state index in [0.29, 0.717) is 22.4 Å². The molecule has 116 valence electrons. The number of benzene rings is 1. The van der Waals surface area contributed by atoms with Gasteiger partial charge in [0.15, 0.2) is 0 Å². The van der Waals surface area contributed by atoms with E-state index < -0.39 is 0 Å². The molecule has 5 nitrogen and oxygen atoms in total. The van der Waals surface area contributed by atoms with Crippen LogP contribution in [-0.2, 0) is 14.3 Å². The Labute approximate surface area is 133 Å². The lowest BCUT2D eigenvalue weighted by molar-refractivity contribution is -0.143. The van der Waals surface area contributed by atoms with Crippen LogP contribution in [0.3, 0.4) is 0 Å². The maximum Gasteiger partial charge on any atom is 0.307 e. The zero-order valence-electron chi connectivity index (χ0n) is 11.7. The van der Waals surface area contributed by atoms with Crippen molar-refractivity contribution in [3.63, 3.8) is 0 Å². The summed E-state index contributed by atoms with van der Waals surface area (Å²) in [5.41, 5.74) is 0. The first-order valence-corrected chi connectivity index (χ1v) is 7.28. The van der Waals surface area contributed by atoms with E-state index in [1.807, 2.05) is 0 Å². The molecule has 0 unspecified atom stereocenters. The van der Waals surface area contributed by atoms with Crippen molar-refractivity contribution in [1.82, 2.24) is 5.32 Å². The van der Waals surface area contributed by atoms with E-state index >= 15 is 0 Å². The second kappa shape index (κ2) is 9.47. The van der Waals surface area contributed by atoms with Crippen molar-refractivity contribution < 1.29 is 19.1 Å². The Morgan fingerprint density at radius 2 is 1.95 bits per heavy atom. The van der Waals surface area contributed by atoms with Crippen molar-refractivity contribution in [3.05, 3.63) is 28.2 Å². The Morgan fingerprint density at radius 1 is 1.19 bits per heavy atom. The lowest BCUT2D eigenvalue weighted by Crippen LogP contribution is -2.27. The fourth-order valence-electron chi connectivity index (χ4n) is 1.45. The van der Waals surface area contributed by atoms with E-state index in [9.17, 15) is 9.59 Å². The highest BCUT2D eigenvalue weighted by atomic mass is 35.5. The second-order valence-corrected chi connectivity index (χ2v) is 4.89. The molecule has 0 saturated carbocycles. The minimum atomic E-state index is -0.329. The van der Waals surface area contributed by atoms with Crippen molar-refractivity contribution in [2.24, 2.45) is 0 Å². The molecule has 0 aliphatic rings. The lowest BCUT2D eigenvalue weighted by Gasteiger charge is -2.08. The first kappa shape index (κ1) is 17.6. The van der Waals surface area contributed by atoms with Crippen LogP contribution in [0.15, 0.2) is 18.2 Å². The lowest BCUT2D eigenvalue weighted by atomic mass is 10.3. The summed E-state index contributed by atoms with van der Waals surface area (Å²) in [5, 5.41) is 3.45. The number of carbonyl (C=O) groups is 2. The van der Waals surface area contributed by atoms with Crippen molar-refractivity contribution in [3.8, 4) is 5.75 Å². The van der Waals surface area contributed by atoms with Gasteiger partial charge in [0, 0.05) is 12.6 Å². The molecule has 0 bridgehead atoms. The maximum atomic E-state index is 11.5. The van der Waals surface area contributed by atoms with Crippen LogP contribution >= 0.6 is 23.2 Å². The first-order chi connectivity index (χ1) is 10.0. The zero-order chi connectivity index (χ0) is 15.7. The van der Waals surface area contributed by atoms with Gasteiger partial charge in [-0.25, -0.2) is 0 Å². The monoisotopic (exact) mass is 333 g/mol. The fourth-order valence-corrected chi connectivity index (χ4v) is 1.74. The molecule has 1 N–H and O–H groups in total. The average molecular weight is 334 g/mol. The molecule has 0 aromatic heterocycles. The number of ether oxygens (including phenoxy) is 2. The van der Waals surface area contributed by atoms with Gasteiger partial charge in [-0.05, 0) is 19.1 Å². The number of carbonyl (C=O) groups excluding carboxylic acids is 2. The van der Waals surface area contributed by atoms with E-state index in [-0.39, 0.29) is 37.9 Å². The summed E-state index contributed by atoms with van der Waals surface area (Å²) in [6, 6.07) is 4.88. The molecule has 1 aromatic rings. The highest BCUT2D eigenvalue weighted by Gasteiger charge is 2.05. The number of rotatable bonds is 8. The highest BCUT2D eigenvalue weighted by Crippen LogP contribution is 2.26. The van der Waals surface area contributed by atoms with Crippen molar-refractivity contribution >= 4 is 35.1 Å². The summed E-state index contributed by atoms with van der Waals surface area (Å²) in [4.78, 5) is 22.6. The summed E-state index contributed by atoms with van der Waals surface area (Å²) in [5.74, 6) is 0.0212. The van der Waals surface area contributed by atoms with Crippen LogP contribution < -0.4 is 10.1 Å². The van der Waals surface area contributed by atoms with E-state index in [4.69, 9.17) is 32.7 Å². The number of nitrogens with one attached hydrogen (secondary N) is 1. The third kappa shape index (κ3) is 7.20. The Hall–Kier alpha value is -1.46. The summed E-state index contributed by atoms with van der Waals surface area (Å²) in [6.45, 7) is 2.54. The molecule has 0 spiro atoms. The number of amides is 1. The van der Waals surface area contributed by atoms with E-state index in [2.05, 4.69) is 5.32 Å². The van der Waals surface area contributed by atoms with Gasteiger partial charge in [0.2, 0.25) is 5.91 Å². The maximum absolute atomic E-state index is 11.5. The summed E-state index contributed by atoms with van der Waals surface area (Å²) < 4.78 is 10.1. The predicted octanol–water partition coefficient (Wildman–Crippen LogP) is 2.83. The molecule has 0 atom stereocenters. The molecule has 7 heteroatoms. The largest absolute Gasteiger partial charge is 0.493 e. The zero-order valence-corrected chi connectivity index (χ0v) is 13.2. The standard InChI is InChI=1S/C14H17Cl2NO4/c1-2-20-14(19)5-7-17-13(18)6-8-21-10-3-4-11(15)12(16)9-10/h3-4,9H,2,5-8H2,1H3,(H,17,18). The topological polar surface area (TPSA) is 64.6 Å². The Bertz CT molecular complexity index is 494. The number of hydrogen-bond donors (Lipinski definition) is 1. The van der Waals surface area contributed by atoms with Gasteiger partial charge in [0.1, 0.15) is 5.75 Å². The van der Waals surface area contributed by atoms with Crippen LogP contribution in [0.2, 0.25) is 10.0 Å². The minimum Gasteiger partial charge on any atom is -0.493 e. The Morgan fingerprint density at radius 3 is 2.62 bits per heavy atom. The molecule has 1 aromatic carbocycles. The van der Waals surface area contributed by atoms with Crippen LogP contribution in [0.1, 0.15) is 19.8 Å². The molecular weight excluding hydrogens is 317 g/mol. The average Bonchev–Trinajstić information content (AvgIpc) is 2.43. The predicted molar refractivity (Wildman–Crippen MR) is 80.8 cm³/mol. The molecule has 0 aliphatic carbocycles. The molecule has 0 aliphatic heterocycles. The molecule has 1 rings (SSSR count). The number of esters is 1. The van der Waals surface area contributed by atoms with E-state index in [1.54, 1.807) is 25.1 Å². The molecule has 1 amide bonds. The molecule has 0 heterocycles. The van der Waals surface area contributed by atoms with E-state index in [1.165, 1.54) is 0 Å². The van der Waals surface area contributed by atoms with E-state index in [0.717, 1.165) is 0 Å². The Kier molecular flexibility index (Phi) is 7.93. The van der Waals surface area contributed by atoms with Crippen LogP contribution in [0, 0.1) is 0 Å². The van der Waals surface area contributed by atoms with Gasteiger partial charge in [0.25, 0.3) is 0 Å². The van der Waals surface area contributed by atoms with Gasteiger partial charge in [-0.1, -0.05) is 23.2 Å². The summed E-state index contributed by atoms with van der Waals surface area (Å²) >= 11 is 11.6. The fraction of sp³-hybridized carbons (Fsp3) is 0.429. The SMILES string of the molecule is CCOC(=O)CCNC(=O)CCOc1ccc(Cl)c(Cl)c1. The van der Waals surface area contributed by atoms with Gasteiger partial charge in [-0.3, -0.25) is 9.59 Å². The number of hydrogen-bond acceptors (Lipinski definition) is 4. The smallest absolute Gasteiger partial charge is 0.307 e. The molecule has 0 fully saturated rings. The molecule has 0 radical (unpaired) electrons. The first-order valence-electron chi connectivity index (χ1n) is 6.53. The quantitative estimate of drug-likeness (QED) is 0.743. The van der Waals surface area contributed by atoms with Crippen molar-refractivity contribution in [2.45, 2.75) is 19.8 Å².